The normalized spacial score (nSPS) is 19.2. The smallest absolute Gasteiger partial charge is 0.194 e. The maximum Gasteiger partial charge on any atom is 0.194 e. The maximum absolute atomic E-state index is 13.8. The van der Waals surface area contributed by atoms with Crippen LogP contribution >= 0.6 is 0 Å². The van der Waals surface area contributed by atoms with Crippen LogP contribution in [0.4, 0.5) is 13.2 Å². The Morgan fingerprint density at radius 2 is 2.00 bits per heavy atom. The van der Waals surface area contributed by atoms with Gasteiger partial charge in [0.25, 0.3) is 0 Å². The van der Waals surface area contributed by atoms with Crippen LogP contribution in [0.1, 0.15) is 17.2 Å². The van der Waals surface area contributed by atoms with Gasteiger partial charge in [0.1, 0.15) is 0 Å². The summed E-state index contributed by atoms with van der Waals surface area (Å²) in [5.41, 5.74) is 6.39. The van der Waals surface area contributed by atoms with E-state index in [-0.39, 0.29) is 24.7 Å². The summed E-state index contributed by atoms with van der Waals surface area (Å²) in [5.74, 6) is -3.63. The number of hydrogen-bond acceptors (Lipinski definition) is 3. The first-order valence-corrected chi connectivity index (χ1v) is 6.20. The van der Waals surface area contributed by atoms with Gasteiger partial charge in [-0.05, 0) is 25.7 Å². The molecule has 1 unspecified atom stereocenters. The number of halogens is 3. The highest BCUT2D eigenvalue weighted by atomic mass is 19.2. The lowest BCUT2D eigenvalue weighted by molar-refractivity contribution is 0.196. The zero-order valence-corrected chi connectivity index (χ0v) is 11.1. The average molecular weight is 273 g/mol. The summed E-state index contributed by atoms with van der Waals surface area (Å²) in [6.07, 6.45) is 0. The Balaban J connectivity index is 2.30. The van der Waals surface area contributed by atoms with Gasteiger partial charge in [-0.15, -0.1) is 0 Å². The van der Waals surface area contributed by atoms with Crippen molar-refractivity contribution in [1.82, 2.24) is 9.80 Å². The van der Waals surface area contributed by atoms with Crippen LogP contribution < -0.4 is 5.73 Å². The fourth-order valence-corrected chi connectivity index (χ4v) is 2.46. The van der Waals surface area contributed by atoms with Crippen LogP contribution in [-0.4, -0.2) is 43.5 Å². The standard InChI is InChI=1S/C13H18F3N3/c1-18(2)3-4-19-7-9-8(11(19)6-17)5-10(14)13(16)12(9)15/h5,11H,3-4,6-7,17H2,1-2H3. The van der Waals surface area contributed by atoms with Crippen LogP contribution in [0.2, 0.25) is 0 Å². The minimum absolute atomic E-state index is 0.230. The molecule has 6 heteroatoms. The molecule has 1 heterocycles. The predicted octanol–water partition coefficient (Wildman–Crippen LogP) is 1.48. The molecule has 0 radical (unpaired) electrons. The number of benzene rings is 1. The lowest BCUT2D eigenvalue weighted by Gasteiger charge is -2.25. The average Bonchev–Trinajstić information content (AvgIpc) is 2.71. The molecular formula is C13H18F3N3. The molecule has 0 spiro atoms. The third kappa shape index (κ3) is 2.61. The first kappa shape index (κ1) is 14.3. The highest BCUT2D eigenvalue weighted by molar-refractivity contribution is 5.37. The third-order valence-electron chi connectivity index (χ3n) is 3.52. The zero-order chi connectivity index (χ0) is 14.2. The second-order valence-corrected chi connectivity index (χ2v) is 5.08. The van der Waals surface area contributed by atoms with Gasteiger partial charge in [0.15, 0.2) is 17.5 Å². The fraction of sp³-hybridized carbons (Fsp3) is 0.538. The minimum atomic E-state index is -1.40. The van der Waals surface area contributed by atoms with E-state index in [0.717, 1.165) is 12.6 Å². The van der Waals surface area contributed by atoms with Crippen molar-refractivity contribution in [2.24, 2.45) is 5.73 Å². The van der Waals surface area contributed by atoms with Crippen molar-refractivity contribution >= 4 is 0 Å². The van der Waals surface area contributed by atoms with Crippen molar-refractivity contribution in [1.29, 1.82) is 0 Å². The molecule has 2 rings (SSSR count). The van der Waals surface area contributed by atoms with E-state index in [1.165, 1.54) is 0 Å². The van der Waals surface area contributed by atoms with Gasteiger partial charge in [0.2, 0.25) is 0 Å². The number of likely N-dealkylation sites (N-methyl/N-ethyl adjacent to an activating group) is 1. The van der Waals surface area contributed by atoms with E-state index in [4.69, 9.17) is 5.73 Å². The van der Waals surface area contributed by atoms with Gasteiger partial charge in [-0.1, -0.05) is 0 Å². The van der Waals surface area contributed by atoms with Crippen molar-refractivity contribution in [2.45, 2.75) is 12.6 Å². The minimum Gasteiger partial charge on any atom is -0.329 e. The first-order valence-electron chi connectivity index (χ1n) is 6.20. The molecule has 0 aliphatic carbocycles. The molecule has 0 aromatic heterocycles. The van der Waals surface area contributed by atoms with E-state index < -0.39 is 17.5 Å². The highest BCUT2D eigenvalue weighted by Crippen LogP contribution is 2.36. The summed E-state index contributed by atoms with van der Waals surface area (Å²) in [5, 5.41) is 0. The van der Waals surface area contributed by atoms with Crippen molar-refractivity contribution in [3.05, 3.63) is 34.6 Å². The molecule has 1 aromatic rings. The Hall–Kier alpha value is -1.11. The monoisotopic (exact) mass is 273 g/mol. The van der Waals surface area contributed by atoms with E-state index in [9.17, 15) is 13.2 Å². The third-order valence-corrected chi connectivity index (χ3v) is 3.52. The Morgan fingerprint density at radius 3 is 2.58 bits per heavy atom. The second kappa shape index (κ2) is 5.48. The van der Waals surface area contributed by atoms with E-state index in [1.54, 1.807) is 0 Å². The van der Waals surface area contributed by atoms with Crippen LogP contribution in [0, 0.1) is 17.5 Å². The van der Waals surface area contributed by atoms with E-state index in [2.05, 4.69) is 0 Å². The van der Waals surface area contributed by atoms with Crippen LogP contribution in [0.5, 0.6) is 0 Å². The summed E-state index contributed by atoms with van der Waals surface area (Å²) in [6.45, 7) is 1.97. The largest absolute Gasteiger partial charge is 0.329 e. The summed E-state index contributed by atoms with van der Waals surface area (Å²) < 4.78 is 40.3. The molecule has 2 N–H and O–H groups in total. The molecule has 19 heavy (non-hydrogen) atoms. The molecule has 1 aliphatic rings. The van der Waals surface area contributed by atoms with Crippen LogP contribution in [0.25, 0.3) is 0 Å². The molecule has 0 saturated heterocycles. The van der Waals surface area contributed by atoms with Gasteiger partial charge >= 0.3 is 0 Å². The Morgan fingerprint density at radius 1 is 1.32 bits per heavy atom. The van der Waals surface area contributed by atoms with E-state index in [1.807, 2.05) is 23.9 Å². The molecule has 0 amide bonds. The van der Waals surface area contributed by atoms with Gasteiger partial charge in [0.05, 0.1) is 0 Å². The van der Waals surface area contributed by atoms with Gasteiger partial charge in [0, 0.05) is 37.8 Å². The summed E-state index contributed by atoms with van der Waals surface area (Å²) in [6, 6.07) is 0.820. The zero-order valence-electron chi connectivity index (χ0n) is 11.1. The maximum atomic E-state index is 13.8. The number of nitrogens with two attached hydrogens (primary N) is 1. The number of hydrogen-bond donors (Lipinski definition) is 1. The van der Waals surface area contributed by atoms with Crippen LogP contribution in [0.3, 0.4) is 0 Å². The second-order valence-electron chi connectivity index (χ2n) is 5.08. The number of nitrogens with zero attached hydrogens (tertiary/aromatic N) is 2. The first-order chi connectivity index (χ1) is 8.95. The van der Waals surface area contributed by atoms with Gasteiger partial charge in [-0.25, -0.2) is 13.2 Å². The summed E-state index contributed by atoms with van der Waals surface area (Å²) in [4.78, 5) is 3.95. The SMILES string of the molecule is CN(C)CCN1Cc2c(cc(F)c(F)c2F)C1CN. The topological polar surface area (TPSA) is 32.5 Å². The molecule has 106 valence electrons. The van der Waals surface area contributed by atoms with Crippen molar-refractivity contribution < 1.29 is 13.2 Å². The Bertz CT molecular complexity index is 477. The lowest BCUT2D eigenvalue weighted by atomic mass is 10.0. The number of rotatable bonds is 4. The molecule has 0 fully saturated rings. The molecular weight excluding hydrogens is 255 g/mol. The quantitative estimate of drug-likeness (QED) is 0.843. The fourth-order valence-electron chi connectivity index (χ4n) is 2.46. The van der Waals surface area contributed by atoms with Gasteiger partial charge in [-0.2, -0.15) is 0 Å². The summed E-state index contributed by atoms with van der Waals surface area (Å²) >= 11 is 0. The van der Waals surface area contributed by atoms with Crippen molar-refractivity contribution in [3.63, 3.8) is 0 Å². The Labute approximate surface area is 110 Å². The van der Waals surface area contributed by atoms with Gasteiger partial charge in [-0.3, -0.25) is 4.90 Å². The molecule has 1 aliphatic heterocycles. The molecule has 1 aromatic carbocycles. The van der Waals surface area contributed by atoms with Crippen LogP contribution in [-0.2, 0) is 6.54 Å². The molecule has 3 nitrogen and oxygen atoms in total. The van der Waals surface area contributed by atoms with Crippen LogP contribution in [0.15, 0.2) is 6.07 Å². The van der Waals surface area contributed by atoms with Crippen molar-refractivity contribution in [2.75, 3.05) is 33.7 Å². The highest BCUT2D eigenvalue weighted by Gasteiger charge is 2.33. The number of fused-ring (bicyclic) bond motifs is 1. The molecule has 1 atom stereocenters. The Kier molecular flexibility index (Phi) is 4.13. The molecule has 0 bridgehead atoms. The van der Waals surface area contributed by atoms with E-state index >= 15 is 0 Å². The lowest BCUT2D eigenvalue weighted by Crippen LogP contribution is -2.33. The molecule has 0 saturated carbocycles. The van der Waals surface area contributed by atoms with Gasteiger partial charge < -0.3 is 10.6 Å². The van der Waals surface area contributed by atoms with E-state index in [0.29, 0.717) is 12.1 Å². The predicted molar refractivity (Wildman–Crippen MR) is 67.1 cm³/mol. The van der Waals surface area contributed by atoms with Crippen molar-refractivity contribution in [3.8, 4) is 0 Å². The summed E-state index contributed by atoms with van der Waals surface area (Å²) in [7, 11) is 3.86.